The lowest BCUT2D eigenvalue weighted by Gasteiger charge is -2.44. The highest BCUT2D eigenvalue weighted by molar-refractivity contribution is 8.00. The van der Waals surface area contributed by atoms with Crippen LogP contribution >= 0.6 is 23.5 Å². The standard InChI is InChI=1S/C18H18N2O6S2/c1-10(21)26-17(19-13(22)9-27-11-5-3-2-4-6-11)12-8-28-15-7-14(23)20(15)16(12)18(24)25/h2-6,15,17H,7-9H2,1H3,(H,19,22)(H,24,25)/t15-,17?/m1/s1. The first-order valence-electron chi connectivity index (χ1n) is 8.41. The predicted octanol–water partition coefficient (Wildman–Crippen LogP) is 1.43. The molecule has 2 amide bonds. The summed E-state index contributed by atoms with van der Waals surface area (Å²) < 4.78 is 5.18. The van der Waals surface area contributed by atoms with Crippen LogP contribution in [-0.4, -0.2) is 56.9 Å². The summed E-state index contributed by atoms with van der Waals surface area (Å²) in [6, 6.07) is 9.29. The average Bonchev–Trinajstić information content (AvgIpc) is 2.64. The number of nitrogens with zero attached hydrogens (tertiary/aromatic N) is 1. The van der Waals surface area contributed by atoms with Gasteiger partial charge in [-0.2, -0.15) is 0 Å². The average molecular weight is 422 g/mol. The van der Waals surface area contributed by atoms with E-state index in [1.165, 1.54) is 35.3 Å². The molecule has 2 atom stereocenters. The number of aliphatic carboxylic acids is 1. The van der Waals surface area contributed by atoms with Crippen molar-refractivity contribution in [3.63, 3.8) is 0 Å². The molecular weight excluding hydrogens is 404 g/mol. The number of hydrogen-bond acceptors (Lipinski definition) is 7. The van der Waals surface area contributed by atoms with Gasteiger partial charge in [0, 0.05) is 23.1 Å². The number of amides is 2. The number of nitrogens with one attached hydrogen (secondary N) is 1. The Morgan fingerprint density at radius 2 is 2.07 bits per heavy atom. The van der Waals surface area contributed by atoms with Gasteiger partial charge in [-0.05, 0) is 12.1 Å². The van der Waals surface area contributed by atoms with Crippen molar-refractivity contribution < 1.29 is 29.0 Å². The highest BCUT2D eigenvalue weighted by Crippen LogP contribution is 2.40. The van der Waals surface area contributed by atoms with Crippen LogP contribution in [0.5, 0.6) is 0 Å². The summed E-state index contributed by atoms with van der Waals surface area (Å²) in [4.78, 5) is 49.6. The zero-order chi connectivity index (χ0) is 20.3. The first-order valence-corrected chi connectivity index (χ1v) is 10.4. The molecule has 2 heterocycles. The summed E-state index contributed by atoms with van der Waals surface area (Å²) in [5, 5.41) is 11.9. The number of hydrogen-bond donors (Lipinski definition) is 2. The number of carbonyl (C=O) groups is 4. The van der Waals surface area contributed by atoms with Gasteiger partial charge in [-0.1, -0.05) is 18.2 Å². The minimum absolute atomic E-state index is 0.0654. The fraction of sp³-hybridized carbons (Fsp3) is 0.333. The summed E-state index contributed by atoms with van der Waals surface area (Å²) in [6.07, 6.45) is -0.971. The van der Waals surface area contributed by atoms with E-state index in [1.54, 1.807) is 0 Å². The summed E-state index contributed by atoms with van der Waals surface area (Å²) in [7, 11) is 0. The van der Waals surface area contributed by atoms with Crippen LogP contribution in [0.3, 0.4) is 0 Å². The second-order valence-corrected chi connectivity index (χ2v) is 8.29. The number of benzene rings is 1. The highest BCUT2D eigenvalue weighted by atomic mass is 32.2. The van der Waals surface area contributed by atoms with Gasteiger partial charge in [0.2, 0.25) is 18.0 Å². The largest absolute Gasteiger partial charge is 0.477 e. The molecule has 0 aromatic heterocycles. The Hall–Kier alpha value is -2.46. The van der Waals surface area contributed by atoms with Crippen molar-refractivity contribution in [2.24, 2.45) is 0 Å². The van der Waals surface area contributed by atoms with Crippen molar-refractivity contribution in [2.75, 3.05) is 11.5 Å². The molecule has 1 aromatic carbocycles. The molecule has 1 unspecified atom stereocenters. The molecule has 3 rings (SSSR count). The topological polar surface area (TPSA) is 113 Å². The second kappa shape index (κ2) is 8.70. The lowest BCUT2D eigenvalue weighted by atomic mass is 10.1. The number of carboxylic acid groups (broad SMARTS) is 1. The van der Waals surface area contributed by atoms with E-state index in [2.05, 4.69) is 5.32 Å². The van der Waals surface area contributed by atoms with Gasteiger partial charge in [0.1, 0.15) is 5.70 Å². The molecule has 1 aromatic rings. The molecule has 148 valence electrons. The van der Waals surface area contributed by atoms with Crippen molar-refractivity contribution >= 4 is 47.3 Å². The minimum Gasteiger partial charge on any atom is -0.477 e. The van der Waals surface area contributed by atoms with Crippen LogP contribution in [0.25, 0.3) is 0 Å². The van der Waals surface area contributed by atoms with E-state index in [0.717, 1.165) is 4.90 Å². The molecule has 0 spiro atoms. The lowest BCUT2D eigenvalue weighted by Crippen LogP contribution is -2.56. The lowest BCUT2D eigenvalue weighted by molar-refractivity contribution is -0.149. The monoisotopic (exact) mass is 422 g/mol. The van der Waals surface area contributed by atoms with Crippen LogP contribution in [0, 0.1) is 0 Å². The summed E-state index contributed by atoms with van der Waals surface area (Å²) in [5.74, 6) is -2.38. The third-order valence-corrected chi connectivity index (χ3v) is 6.34. The zero-order valence-corrected chi connectivity index (χ0v) is 16.5. The third-order valence-electron chi connectivity index (χ3n) is 4.09. The normalized spacial score (nSPS) is 19.4. The Labute approximate surface area is 169 Å². The predicted molar refractivity (Wildman–Crippen MR) is 103 cm³/mol. The van der Waals surface area contributed by atoms with Crippen LogP contribution in [0.15, 0.2) is 46.5 Å². The van der Waals surface area contributed by atoms with Gasteiger partial charge in [-0.3, -0.25) is 19.3 Å². The molecule has 2 N–H and O–H groups in total. The van der Waals surface area contributed by atoms with Gasteiger partial charge in [-0.25, -0.2) is 4.79 Å². The van der Waals surface area contributed by atoms with Crippen LogP contribution in [0.4, 0.5) is 0 Å². The van der Waals surface area contributed by atoms with E-state index in [1.807, 2.05) is 30.3 Å². The van der Waals surface area contributed by atoms with E-state index in [9.17, 15) is 24.3 Å². The Morgan fingerprint density at radius 1 is 1.36 bits per heavy atom. The number of esters is 1. The van der Waals surface area contributed by atoms with Crippen molar-refractivity contribution in [2.45, 2.75) is 29.8 Å². The van der Waals surface area contributed by atoms with Gasteiger partial charge in [0.25, 0.3) is 0 Å². The first kappa shape index (κ1) is 20.3. The molecule has 0 bridgehead atoms. The van der Waals surface area contributed by atoms with Crippen LogP contribution in [-0.2, 0) is 23.9 Å². The summed E-state index contributed by atoms with van der Waals surface area (Å²) >= 11 is 2.68. The van der Waals surface area contributed by atoms with Crippen molar-refractivity contribution in [1.29, 1.82) is 0 Å². The number of carbonyl (C=O) groups excluding carboxylic acids is 3. The number of carboxylic acids is 1. The van der Waals surface area contributed by atoms with Crippen LogP contribution in [0.1, 0.15) is 13.3 Å². The Balaban J connectivity index is 1.77. The molecule has 10 heteroatoms. The fourth-order valence-electron chi connectivity index (χ4n) is 2.85. The van der Waals surface area contributed by atoms with Crippen molar-refractivity contribution in [1.82, 2.24) is 10.2 Å². The number of ether oxygens (including phenoxy) is 1. The van der Waals surface area contributed by atoms with Gasteiger partial charge < -0.3 is 15.2 Å². The van der Waals surface area contributed by atoms with E-state index in [-0.39, 0.29) is 40.5 Å². The maximum atomic E-state index is 12.4. The Morgan fingerprint density at radius 3 is 2.68 bits per heavy atom. The maximum absolute atomic E-state index is 12.4. The van der Waals surface area contributed by atoms with Gasteiger partial charge in [0.15, 0.2) is 0 Å². The molecule has 1 fully saturated rings. The highest BCUT2D eigenvalue weighted by Gasteiger charge is 2.47. The van der Waals surface area contributed by atoms with Gasteiger partial charge in [-0.15, -0.1) is 23.5 Å². The van der Waals surface area contributed by atoms with Gasteiger partial charge >= 0.3 is 11.9 Å². The maximum Gasteiger partial charge on any atom is 0.352 e. The van der Waals surface area contributed by atoms with E-state index in [4.69, 9.17) is 4.74 Å². The Bertz CT molecular complexity index is 842. The molecule has 2 aliphatic heterocycles. The van der Waals surface area contributed by atoms with Crippen molar-refractivity contribution in [3.05, 3.63) is 41.6 Å². The molecule has 0 saturated carbocycles. The molecule has 28 heavy (non-hydrogen) atoms. The van der Waals surface area contributed by atoms with E-state index < -0.39 is 24.1 Å². The SMILES string of the molecule is CC(=O)OC(NC(=O)CSc1ccccc1)C1=C(C(=O)O)N2C(=O)C[C@H]2SC1. The van der Waals surface area contributed by atoms with E-state index >= 15 is 0 Å². The molecular formula is C18H18N2O6S2. The fourth-order valence-corrected chi connectivity index (χ4v) is 4.87. The van der Waals surface area contributed by atoms with Gasteiger partial charge in [0.05, 0.1) is 17.5 Å². The summed E-state index contributed by atoms with van der Waals surface area (Å²) in [5.41, 5.74) is -0.0303. The smallest absolute Gasteiger partial charge is 0.352 e. The molecule has 8 nitrogen and oxygen atoms in total. The number of rotatable bonds is 7. The van der Waals surface area contributed by atoms with Crippen LogP contribution < -0.4 is 5.32 Å². The third kappa shape index (κ3) is 4.50. The van der Waals surface area contributed by atoms with Crippen LogP contribution in [0.2, 0.25) is 0 Å². The van der Waals surface area contributed by atoms with E-state index in [0.29, 0.717) is 0 Å². The Kier molecular flexibility index (Phi) is 6.30. The molecule has 2 aliphatic rings. The second-order valence-electron chi connectivity index (χ2n) is 6.07. The molecule has 0 aliphatic carbocycles. The summed E-state index contributed by atoms with van der Waals surface area (Å²) in [6.45, 7) is 1.17. The number of β-lactam (4-membered cyclic amide) rings is 1. The number of fused-ring (bicyclic) bond motifs is 1. The first-order chi connectivity index (χ1) is 13.4. The minimum atomic E-state index is -1.29. The number of thioether (sulfide) groups is 2. The zero-order valence-electron chi connectivity index (χ0n) is 14.9. The quantitative estimate of drug-likeness (QED) is 0.294. The van der Waals surface area contributed by atoms with Crippen molar-refractivity contribution in [3.8, 4) is 0 Å². The molecule has 1 saturated heterocycles. The molecule has 0 radical (unpaired) electrons.